The molecule has 9 nitrogen and oxygen atoms in total. The molecule has 0 aromatic carbocycles. The molecule has 3 aromatic heterocycles. The number of unbranched alkanes of at least 4 members (excludes halogenated alkanes) is 2. The second kappa shape index (κ2) is 14.7. The Balaban J connectivity index is 1.32. The topological polar surface area (TPSA) is 123 Å². The molecule has 36 heavy (non-hydrogen) atoms. The highest BCUT2D eigenvalue weighted by molar-refractivity contribution is 7.15. The molecule has 11 heteroatoms. The first kappa shape index (κ1) is 27.0. The summed E-state index contributed by atoms with van der Waals surface area (Å²) in [7, 11) is 0. The van der Waals surface area contributed by atoms with Crippen molar-refractivity contribution < 1.29 is 9.59 Å². The van der Waals surface area contributed by atoms with Crippen molar-refractivity contribution in [1.29, 1.82) is 0 Å². The highest BCUT2D eigenvalue weighted by atomic mass is 32.1. The summed E-state index contributed by atoms with van der Waals surface area (Å²) in [6.07, 6.45) is 15.7. The Kier molecular flexibility index (Phi) is 11.1. The van der Waals surface area contributed by atoms with Gasteiger partial charge in [-0.25, -0.2) is 0 Å². The summed E-state index contributed by atoms with van der Waals surface area (Å²) < 4.78 is 0. The van der Waals surface area contributed by atoms with Crippen LogP contribution in [-0.2, 0) is 28.9 Å². The normalized spacial score (nSPS) is 11.5. The first-order valence-corrected chi connectivity index (χ1v) is 13.3. The van der Waals surface area contributed by atoms with E-state index in [0.29, 0.717) is 10.3 Å². The molecule has 3 heterocycles. The lowest BCUT2D eigenvalue weighted by molar-refractivity contribution is -0.116. The molecule has 3 rings (SSSR count). The van der Waals surface area contributed by atoms with Gasteiger partial charge in [-0.05, 0) is 37.0 Å². The molecule has 3 aromatic rings. The zero-order chi connectivity index (χ0) is 25.6. The number of hydrogen-bond acceptors (Lipinski definition) is 9. The summed E-state index contributed by atoms with van der Waals surface area (Å²) in [5.74, 6) is -0.275. The number of rotatable bonds is 14. The zero-order valence-electron chi connectivity index (χ0n) is 20.1. The molecular formula is C25H29N7O2S2. The van der Waals surface area contributed by atoms with Crippen LogP contribution in [0.3, 0.4) is 0 Å². The van der Waals surface area contributed by atoms with Gasteiger partial charge in [0, 0.05) is 25.2 Å². The Hall–Kier alpha value is -3.57. The summed E-state index contributed by atoms with van der Waals surface area (Å²) in [5.41, 5.74) is 1.69. The molecule has 0 saturated carbocycles. The molecule has 0 fully saturated rings. The summed E-state index contributed by atoms with van der Waals surface area (Å²) in [6.45, 7) is 5.66. The van der Waals surface area contributed by atoms with Crippen LogP contribution in [0.15, 0.2) is 61.0 Å². The Bertz CT molecular complexity index is 1200. The van der Waals surface area contributed by atoms with E-state index >= 15 is 0 Å². The van der Waals surface area contributed by atoms with Crippen LogP contribution in [0.2, 0.25) is 0 Å². The van der Waals surface area contributed by atoms with Crippen molar-refractivity contribution in [3.63, 3.8) is 0 Å². The van der Waals surface area contributed by atoms with Gasteiger partial charge in [-0.3, -0.25) is 14.6 Å². The number of nitrogens with one attached hydrogen (secondary N) is 2. The van der Waals surface area contributed by atoms with E-state index < -0.39 is 0 Å². The van der Waals surface area contributed by atoms with Gasteiger partial charge < -0.3 is 10.6 Å². The van der Waals surface area contributed by atoms with Gasteiger partial charge in [0.05, 0.1) is 12.8 Å². The van der Waals surface area contributed by atoms with Crippen molar-refractivity contribution in [2.45, 2.75) is 51.9 Å². The minimum atomic E-state index is -0.141. The molecule has 0 atom stereocenters. The third kappa shape index (κ3) is 9.59. The van der Waals surface area contributed by atoms with Crippen molar-refractivity contribution in [2.75, 3.05) is 10.6 Å². The number of carbonyl (C=O) groups excluding carboxylic acids is 2. The van der Waals surface area contributed by atoms with Gasteiger partial charge in [0.15, 0.2) is 0 Å². The lowest BCUT2D eigenvalue weighted by Crippen LogP contribution is -2.14. The highest BCUT2D eigenvalue weighted by Crippen LogP contribution is 2.20. The maximum Gasteiger partial charge on any atom is 0.230 e. The number of pyridine rings is 1. The van der Waals surface area contributed by atoms with E-state index in [1.54, 1.807) is 24.5 Å². The fourth-order valence-electron chi connectivity index (χ4n) is 3.16. The van der Waals surface area contributed by atoms with Gasteiger partial charge in [0.2, 0.25) is 22.1 Å². The van der Waals surface area contributed by atoms with Crippen molar-refractivity contribution in [1.82, 2.24) is 25.4 Å². The zero-order valence-corrected chi connectivity index (χ0v) is 21.8. The predicted octanol–water partition coefficient (Wildman–Crippen LogP) is 4.94. The van der Waals surface area contributed by atoms with E-state index in [-0.39, 0.29) is 24.7 Å². The summed E-state index contributed by atoms with van der Waals surface area (Å²) in [4.78, 5) is 28.4. The Morgan fingerprint density at radius 3 is 2.22 bits per heavy atom. The predicted molar refractivity (Wildman–Crippen MR) is 144 cm³/mol. The second-order valence-corrected chi connectivity index (χ2v) is 9.97. The monoisotopic (exact) mass is 523 g/mol. The fraction of sp³-hybridized carbons (Fsp3) is 0.320. The van der Waals surface area contributed by atoms with Gasteiger partial charge in [-0.15, -0.1) is 20.4 Å². The molecule has 0 unspecified atom stereocenters. The van der Waals surface area contributed by atoms with Crippen molar-refractivity contribution in [3.8, 4) is 0 Å². The average molecular weight is 524 g/mol. The van der Waals surface area contributed by atoms with Crippen molar-refractivity contribution in [2.24, 2.45) is 0 Å². The van der Waals surface area contributed by atoms with Crippen LogP contribution < -0.4 is 10.6 Å². The Morgan fingerprint density at radius 2 is 1.64 bits per heavy atom. The van der Waals surface area contributed by atoms with Gasteiger partial charge in [-0.1, -0.05) is 66.0 Å². The van der Waals surface area contributed by atoms with Crippen molar-refractivity contribution >= 4 is 44.8 Å². The van der Waals surface area contributed by atoms with Gasteiger partial charge in [0.25, 0.3) is 0 Å². The molecule has 2 amide bonds. The number of amides is 2. The molecule has 0 aliphatic heterocycles. The van der Waals surface area contributed by atoms with Crippen LogP contribution in [-0.4, -0.2) is 37.2 Å². The molecular weight excluding hydrogens is 494 g/mol. The highest BCUT2D eigenvalue weighted by Gasteiger charge is 2.11. The van der Waals surface area contributed by atoms with Gasteiger partial charge >= 0.3 is 0 Å². The molecule has 0 aliphatic rings. The van der Waals surface area contributed by atoms with Crippen LogP contribution >= 0.6 is 22.7 Å². The first-order valence-electron chi connectivity index (χ1n) is 11.6. The van der Waals surface area contributed by atoms with Crippen LogP contribution in [0, 0.1) is 0 Å². The third-order valence-electron chi connectivity index (χ3n) is 4.92. The van der Waals surface area contributed by atoms with Gasteiger partial charge in [-0.2, -0.15) is 0 Å². The second-order valence-electron chi connectivity index (χ2n) is 7.85. The van der Waals surface area contributed by atoms with E-state index in [4.69, 9.17) is 0 Å². The number of hydrogen-bond donors (Lipinski definition) is 2. The van der Waals surface area contributed by atoms with Crippen LogP contribution in [0.5, 0.6) is 0 Å². The first-order chi connectivity index (χ1) is 17.6. The molecule has 2 N–H and O–H groups in total. The van der Waals surface area contributed by atoms with E-state index in [1.165, 1.54) is 22.7 Å². The average Bonchev–Trinajstić information content (AvgIpc) is 3.51. The molecule has 0 aliphatic carbocycles. The fourth-order valence-corrected chi connectivity index (χ4v) is 4.75. The number of carbonyl (C=O) groups is 2. The number of aryl methyl sites for hydroxylation is 2. The summed E-state index contributed by atoms with van der Waals surface area (Å²) in [5, 5.41) is 24.9. The molecule has 0 radical (unpaired) electrons. The molecule has 0 spiro atoms. The lowest BCUT2D eigenvalue weighted by atomic mass is 10.1. The number of anilines is 2. The lowest BCUT2D eigenvalue weighted by Gasteiger charge is -2.01. The largest absolute Gasteiger partial charge is 0.300 e. The maximum atomic E-state index is 12.2. The smallest absolute Gasteiger partial charge is 0.230 e. The minimum absolute atomic E-state index is 0.135. The van der Waals surface area contributed by atoms with Crippen molar-refractivity contribution in [3.05, 3.63) is 76.6 Å². The number of allylic oxidation sites excluding steroid dienone is 4. The Labute approximate surface area is 218 Å². The maximum absolute atomic E-state index is 12.2. The quantitative estimate of drug-likeness (QED) is 0.227. The molecule has 0 saturated heterocycles. The summed E-state index contributed by atoms with van der Waals surface area (Å²) in [6, 6.07) is 3.67. The number of aromatic nitrogens is 5. The van der Waals surface area contributed by atoms with Gasteiger partial charge in [0.1, 0.15) is 10.0 Å². The molecule has 0 bridgehead atoms. The molecule has 188 valence electrons. The van der Waals surface area contributed by atoms with E-state index in [2.05, 4.69) is 42.6 Å². The standard InChI is InChI=1S/C25H29N7O2S2/c1-3-5-10-18(4-2)15-20(33)27-24-31-29-22(35-24)12-7-6-8-13-23-30-32-25(36-23)28-21(34)16-19-11-9-14-26-17-19/h3-5,9-11,14,17H,2,6-8,12-13,15-16H2,1H3,(H,27,31,33)(H,28,32,34)/b5-3-,18-10+. The van der Waals surface area contributed by atoms with E-state index in [9.17, 15) is 9.59 Å². The SMILES string of the molecule is C=C/C(=C\C=C/C)CC(=O)Nc1nnc(CCCCCc2nnc(NC(=O)Cc3cccnc3)s2)s1. The van der Waals surface area contributed by atoms with Crippen LogP contribution in [0.4, 0.5) is 10.3 Å². The van der Waals surface area contributed by atoms with Crippen LogP contribution in [0.25, 0.3) is 0 Å². The van der Waals surface area contributed by atoms with Crippen LogP contribution in [0.1, 0.15) is 48.2 Å². The number of nitrogens with zero attached hydrogens (tertiary/aromatic N) is 5. The summed E-state index contributed by atoms with van der Waals surface area (Å²) >= 11 is 2.80. The minimum Gasteiger partial charge on any atom is -0.300 e. The third-order valence-corrected chi connectivity index (χ3v) is 6.72. The Morgan fingerprint density at radius 1 is 0.972 bits per heavy atom. The van der Waals surface area contributed by atoms with E-state index in [0.717, 1.165) is 53.3 Å². The van der Waals surface area contributed by atoms with E-state index in [1.807, 2.05) is 31.2 Å².